The smallest absolute Gasteiger partial charge is 0.433 e. The molecule has 1 aromatic carbocycles. The molecule has 9 heteroatoms. The minimum Gasteiger partial charge on any atom is -0.489 e. The van der Waals surface area contributed by atoms with Crippen molar-refractivity contribution in [3.05, 3.63) is 53.7 Å². The fraction of sp³-hybridized carbons (Fsp3) is 0.400. The average molecular weight is 409 g/mol. The van der Waals surface area contributed by atoms with Crippen LogP contribution in [0.3, 0.4) is 0 Å². The van der Waals surface area contributed by atoms with Gasteiger partial charge in [0.25, 0.3) is 0 Å². The van der Waals surface area contributed by atoms with E-state index in [0.717, 1.165) is 11.6 Å². The number of aliphatic hydroxyl groups is 1. The van der Waals surface area contributed by atoms with Crippen LogP contribution in [0, 0.1) is 0 Å². The van der Waals surface area contributed by atoms with Crippen molar-refractivity contribution in [2.75, 3.05) is 24.6 Å². The molecule has 156 valence electrons. The van der Waals surface area contributed by atoms with Crippen LogP contribution in [-0.4, -0.2) is 41.8 Å². The van der Waals surface area contributed by atoms with E-state index in [9.17, 15) is 18.0 Å². The van der Waals surface area contributed by atoms with E-state index in [1.165, 1.54) is 6.07 Å². The summed E-state index contributed by atoms with van der Waals surface area (Å²) in [5.74, 6) is 0.472. The zero-order valence-electron chi connectivity index (χ0n) is 15.8. The van der Waals surface area contributed by atoms with Gasteiger partial charge in [-0.05, 0) is 36.8 Å². The molecule has 1 aromatic heterocycles. The molecule has 1 amide bonds. The van der Waals surface area contributed by atoms with E-state index in [1.807, 2.05) is 12.1 Å². The summed E-state index contributed by atoms with van der Waals surface area (Å²) < 4.78 is 44.5. The van der Waals surface area contributed by atoms with E-state index in [4.69, 9.17) is 9.84 Å². The van der Waals surface area contributed by atoms with Crippen LogP contribution in [0.25, 0.3) is 0 Å². The SMILES string of the molecule is C[C@H](NC(=O)CO)c1ccc(O[C@@H]2CCN(c3cccc(C(F)(F)F)n3)C2)cc1. The fourth-order valence-corrected chi connectivity index (χ4v) is 3.19. The van der Waals surface area contributed by atoms with E-state index in [-0.39, 0.29) is 18.0 Å². The largest absolute Gasteiger partial charge is 0.489 e. The maximum Gasteiger partial charge on any atom is 0.433 e. The first-order valence-corrected chi connectivity index (χ1v) is 9.22. The number of nitrogens with one attached hydrogen (secondary N) is 1. The number of ether oxygens (including phenoxy) is 1. The Kier molecular flexibility index (Phi) is 6.26. The van der Waals surface area contributed by atoms with Crippen molar-refractivity contribution in [3.63, 3.8) is 0 Å². The lowest BCUT2D eigenvalue weighted by molar-refractivity contribution is -0.141. The lowest BCUT2D eigenvalue weighted by Crippen LogP contribution is -2.29. The Bertz CT molecular complexity index is 843. The number of benzene rings is 1. The highest BCUT2D eigenvalue weighted by molar-refractivity contribution is 5.77. The third-order valence-corrected chi connectivity index (χ3v) is 4.70. The Morgan fingerprint density at radius 2 is 2.03 bits per heavy atom. The monoisotopic (exact) mass is 409 g/mol. The molecule has 1 fully saturated rings. The minimum atomic E-state index is -4.47. The molecule has 2 aromatic rings. The van der Waals surface area contributed by atoms with Gasteiger partial charge in [0.05, 0.1) is 12.6 Å². The molecule has 0 radical (unpaired) electrons. The fourth-order valence-electron chi connectivity index (χ4n) is 3.19. The molecule has 1 saturated heterocycles. The lowest BCUT2D eigenvalue weighted by Gasteiger charge is -2.19. The van der Waals surface area contributed by atoms with Crippen molar-refractivity contribution in [1.29, 1.82) is 0 Å². The average Bonchev–Trinajstić information content (AvgIpc) is 3.16. The highest BCUT2D eigenvalue weighted by atomic mass is 19.4. The molecular formula is C20H22F3N3O3. The number of hydrogen-bond acceptors (Lipinski definition) is 5. The Balaban J connectivity index is 1.58. The maximum atomic E-state index is 12.9. The number of anilines is 1. The standard InChI is InChI=1S/C20H22F3N3O3/c1-13(24-19(28)12-27)14-5-7-15(8-6-14)29-16-9-10-26(11-16)18-4-2-3-17(25-18)20(21,22)23/h2-8,13,16,27H,9-12H2,1H3,(H,24,28)/t13-,16+/m0/s1. The number of aromatic nitrogens is 1. The number of nitrogens with zero attached hydrogens (tertiary/aromatic N) is 2. The van der Waals surface area contributed by atoms with Crippen molar-refractivity contribution in [2.45, 2.75) is 31.7 Å². The molecule has 29 heavy (non-hydrogen) atoms. The summed E-state index contributed by atoms with van der Waals surface area (Å²) in [4.78, 5) is 16.8. The van der Waals surface area contributed by atoms with Crippen molar-refractivity contribution < 1.29 is 27.8 Å². The summed E-state index contributed by atoms with van der Waals surface area (Å²) in [5, 5.41) is 11.5. The van der Waals surface area contributed by atoms with Crippen molar-refractivity contribution >= 4 is 11.7 Å². The number of aliphatic hydroxyl groups excluding tert-OH is 1. The molecular weight excluding hydrogens is 387 g/mol. The Hall–Kier alpha value is -2.81. The topological polar surface area (TPSA) is 74.7 Å². The van der Waals surface area contributed by atoms with Gasteiger partial charge in [-0.2, -0.15) is 13.2 Å². The van der Waals surface area contributed by atoms with Gasteiger partial charge in [-0.3, -0.25) is 4.79 Å². The summed E-state index contributed by atoms with van der Waals surface area (Å²) in [5.41, 5.74) is -0.0438. The third kappa shape index (κ3) is 5.38. The van der Waals surface area contributed by atoms with Gasteiger partial charge in [-0.25, -0.2) is 4.98 Å². The maximum absolute atomic E-state index is 12.9. The molecule has 0 aliphatic carbocycles. The van der Waals surface area contributed by atoms with E-state index in [2.05, 4.69) is 10.3 Å². The highest BCUT2D eigenvalue weighted by Crippen LogP contribution is 2.30. The normalized spacial score (nSPS) is 17.8. The molecule has 6 nitrogen and oxygen atoms in total. The van der Waals surface area contributed by atoms with Crippen LogP contribution in [0.5, 0.6) is 5.75 Å². The number of rotatable bonds is 6. The second kappa shape index (κ2) is 8.69. The van der Waals surface area contributed by atoms with E-state index >= 15 is 0 Å². The summed E-state index contributed by atoms with van der Waals surface area (Å²) in [6.45, 7) is 2.24. The van der Waals surface area contributed by atoms with Gasteiger partial charge in [-0.1, -0.05) is 18.2 Å². The highest BCUT2D eigenvalue weighted by Gasteiger charge is 2.33. The summed E-state index contributed by atoms with van der Waals surface area (Å²) >= 11 is 0. The van der Waals surface area contributed by atoms with Gasteiger partial charge < -0.3 is 20.1 Å². The molecule has 0 bridgehead atoms. The van der Waals surface area contributed by atoms with Crippen LogP contribution in [0.15, 0.2) is 42.5 Å². The predicted molar refractivity (Wildman–Crippen MR) is 101 cm³/mol. The Labute approximate surface area is 166 Å². The minimum absolute atomic E-state index is 0.163. The summed E-state index contributed by atoms with van der Waals surface area (Å²) in [7, 11) is 0. The quantitative estimate of drug-likeness (QED) is 0.768. The molecule has 3 rings (SSSR count). The van der Waals surface area contributed by atoms with Crippen LogP contribution in [0.4, 0.5) is 19.0 Å². The first-order chi connectivity index (χ1) is 13.8. The zero-order chi connectivity index (χ0) is 21.0. The molecule has 0 unspecified atom stereocenters. The second-order valence-corrected chi connectivity index (χ2v) is 6.87. The molecule has 0 spiro atoms. The molecule has 0 saturated carbocycles. The second-order valence-electron chi connectivity index (χ2n) is 6.87. The van der Waals surface area contributed by atoms with Gasteiger partial charge >= 0.3 is 6.18 Å². The van der Waals surface area contributed by atoms with Crippen molar-refractivity contribution in [1.82, 2.24) is 10.3 Å². The summed E-state index contributed by atoms with van der Waals surface area (Å²) in [6, 6.07) is 10.8. The van der Waals surface area contributed by atoms with Gasteiger partial charge in [0.1, 0.15) is 30.0 Å². The number of carbonyl (C=O) groups is 1. The number of hydrogen-bond donors (Lipinski definition) is 2. The van der Waals surface area contributed by atoms with Gasteiger partial charge in [0, 0.05) is 13.0 Å². The van der Waals surface area contributed by atoms with Crippen LogP contribution in [0.2, 0.25) is 0 Å². The first kappa shape index (κ1) is 20.9. The molecule has 1 aliphatic heterocycles. The first-order valence-electron chi connectivity index (χ1n) is 9.22. The molecule has 2 atom stereocenters. The van der Waals surface area contributed by atoms with Crippen LogP contribution < -0.4 is 15.0 Å². The predicted octanol–water partition coefficient (Wildman–Crippen LogP) is 2.93. The number of halogens is 3. The lowest BCUT2D eigenvalue weighted by atomic mass is 10.1. The number of amides is 1. The van der Waals surface area contributed by atoms with E-state index in [1.54, 1.807) is 30.0 Å². The van der Waals surface area contributed by atoms with Crippen LogP contribution in [-0.2, 0) is 11.0 Å². The summed E-state index contributed by atoms with van der Waals surface area (Å²) in [6.07, 6.45) is -3.97. The molecule has 2 heterocycles. The van der Waals surface area contributed by atoms with Gasteiger partial charge in [0.15, 0.2) is 0 Å². The van der Waals surface area contributed by atoms with Crippen molar-refractivity contribution in [3.8, 4) is 5.75 Å². The number of alkyl halides is 3. The Morgan fingerprint density at radius 3 is 2.69 bits per heavy atom. The van der Waals surface area contributed by atoms with Crippen molar-refractivity contribution in [2.24, 2.45) is 0 Å². The third-order valence-electron chi connectivity index (χ3n) is 4.70. The van der Waals surface area contributed by atoms with Crippen LogP contribution >= 0.6 is 0 Å². The van der Waals surface area contributed by atoms with Crippen LogP contribution in [0.1, 0.15) is 30.6 Å². The number of pyridine rings is 1. The Morgan fingerprint density at radius 1 is 1.31 bits per heavy atom. The number of carbonyl (C=O) groups excluding carboxylic acids is 1. The van der Waals surface area contributed by atoms with Gasteiger partial charge in [0.2, 0.25) is 5.91 Å². The molecule has 1 aliphatic rings. The van der Waals surface area contributed by atoms with Gasteiger partial charge in [-0.15, -0.1) is 0 Å². The van der Waals surface area contributed by atoms with E-state index in [0.29, 0.717) is 25.3 Å². The molecule has 2 N–H and O–H groups in total. The van der Waals surface area contributed by atoms with E-state index < -0.39 is 24.4 Å². The zero-order valence-corrected chi connectivity index (χ0v) is 15.8.